The van der Waals surface area contributed by atoms with Gasteiger partial charge in [-0.05, 0) is 58.9 Å². The molecule has 0 bridgehead atoms. The largest absolute Gasteiger partial charge is 0.365 e. The van der Waals surface area contributed by atoms with Crippen LogP contribution in [0, 0.1) is 0 Å². The SMILES string of the molecule is NC(=O)c1c(N=Cc2c3ccccc3cc3ccccc23)sc2c1CCCC2. The molecule has 0 atom stereocenters. The maximum atomic E-state index is 12.1. The van der Waals surface area contributed by atoms with Crippen molar-refractivity contribution < 1.29 is 4.79 Å². The number of amides is 1. The lowest BCUT2D eigenvalue weighted by molar-refractivity contribution is 0.100. The summed E-state index contributed by atoms with van der Waals surface area (Å²) in [5.41, 5.74) is 8.56. The molecule has 0 radical (unpaired) electrons. The molecule has 0 fully saturated rings. The monoisotopic (exact) mass is 384 g/mol. The molecule has 0 saturated heterocycles. The highest BCUT2D eigenvalue weighted by molar-refractivity contribution is 7.16. The number of benzene rings is 3. The number of nitrogens with zero attached hydrogens (tertiary/aromatic N) is 1. The van der Waals surface area contributed by atoms with Crippen LogP contribution in [0.3, 0.4) is 0 Å². The van der Waals surface area contributed by atoms with Gasteiger partial charge in [-0.2, -0.15) is 0 Å². The van der Waals surface area contributed by atoms with Crippen LogP contribution in [0.15, 0.2) is 59.6 Å². The van der Waals surface area contributed by atoms with E-state index in [0.29, 0.717) is 5.56 Å². The standard InChI is InChI=1S/C24H20N2OS/c25-23(27)22-19-11-5-6-12-21(19)28-24(22)26-14-20-17-9-3-1-7-15(17)13-16-8-2-4-10-18(16)20/h1-4,7-10,13-14H,5-6,11-12H2,(H2,25,27). The molecule has 3 aromatic carbocycles. The Hall–Kier alpha value is -2.98. The average Bonchev–Trinajstić information content (AvgIpc) is 3.09. The molecule has 28 heavy (non-hydrogen) atoms. The highest BCUT2D eigenvalue weighted by atomic mass is 32.1. The van der Waals surface area contributed by atoms with E-state index in [4.69, 9.17) is 10.7 Å². The van der Waals surface area contributed by atoms with E-state index in [0.717, 1.165) is 46.2 Å². The van der Waals surface area contributed by atoms with Crippen LogP contribution in [0.1, 0.15) is 39.2 Å². The molecule has 4 heteroatoms. The Balaban J connectivity index is 1.71. The zero-order valence-electron chi connectivity index (χ0n) is 15.4. The molecule has 0 saturated carbocycles. The minimum absolute atomic E-state index is 0.366. The summed E-state index contributed by atoms with van der Waals surface area (Å²) in [6.07, 6.45) is 6.14. The second-order valence-corrected chi connectivity index (χ2v) is 8.33. The maximum Gasteiger partial charge on any atom is 0.252 e. The number of primary amides is 1. The van der Waals surface area contributed by atoms with E-state index < -0.39 is 0 Å². The number of hydrogen-bond acceptors (Lipinski definition) is 3. The van der Waals surface area contributed by atoms with E-state index in [1.54, 1.807) is 11.3 Å². The molecule has 2 N–H and O–H groups in total. The first kappa shape index (κ1) is 17.1. The predicted octanol–water partition coefficient (Wildman–Crippen LogP) is 5.78. The molecule has 4 aromatic rings. The van der Waals surface area contributed by atoms with Crippen molar-refractivity contribution in [1.82, 2.24) is 0 Å². The van der Waals surface area contributed by atoms with Gasteiger partial charge in [0.2, 0.25) is 0 Å². The van der Waals surface area contributed by atoms with Gasteiger partial charge in [-0.1, -0.05) is 48.5 Å². The van der Waals surface area contributed by atoms with E-state index in [9.17, 15) is 4.79 Å². The average molecular weight is 385 g/mol. The van der Waals surface area contributed by atoms with Crippen molar-refractivity contribution in [2.45, 2.75) is 25.7 Å². The number of thiophene rings is 1. The molecule has 1 aromatic heterocycles. The lowest BCUT2D eigenvalue weighted by atomic mass is 9.95. The van der Waals surface area contributed by atoms with Crippen molar-refractivity contribution in [3.05, 3.63) is 76.2 Å². The van der Waals surface area contributed by atoms with Gasteiger partial charge < -0.3 is 5.73 Å². The van der Waals surface area contributed by atoms with Crippen LogP contribution < -0.4 is 5.73 Å². The van der Waals surface area contributed by atoms with Gasteiger partial charge in [0.15, 0.2) is 0 Å². The number of carbonyl (C=O) groups is 1. The van der Waals surface area contributed by atoms with Crippen LogP contribution >= 0.6 is 11.3 Å². The topological polar surface area (TPSA) is 55.5 Å². The quantitative estimate of drug-likeness (QED) is 0.353. The summed E-state index contributed by atoms with van der Waals surface area (Å²) in [5, 5.41) is 5.43. The van der Waals surface area contributed by atoms with Gasteiger partial charge in [0.1, 0.15) is 5.00 Å². The number of rotatable bonds is 3. The fraction of sp³-hybridized carbons (Fsp3) is 0.167. The van der Waals surface area contributed by atoms with Gasteiger partial charge in [0.05, 0.1) is 5.56 Å². The Kier molecular flexibility index (Phi) is 4.21. The van der Waals surface area contributed by atoms with Gasteiger partial charge >= 0.3 is 0 Å². The Morgan fingerprint density at radius 1 is 0.964 bits per heavy atom. The predicted molar refractivity (Wildman–Crippen MR) is 118 cm³/mol. The number of hydrogen-bond donors (Lipinski definition) is 1. The summed E-state index contributed by atoms with van der Waals surface area (Å²) in [4.78, 5) is 18.2. The molecular weight excluding hydrogens is 364 g/mol. The molecule has 0 aliphatic heterocycles. The third-order valence-electron chi connectivity index (χ3n) is 5.52. The van der Waals surface area contributed by atoms with E-state index in [2.05, 4.69) is 42.5 Å². The zero-order chi connectivity index (χ0) is 19.1. The molecular formula is C24H20N2OS. The fourth-order valence-corrected chi connectivity index (χ4v) is 5.45. The molecule has 1 aliphatic rings. The summed E-state index contributed by atoms with van der Waals surface area (Å²) in [5.74, 6) is -0.366. The first-order valence-corrected chi connectivity index (χ1v) is 10.4. The molecule has 0 unspecified atom stereocenters. The summed E-state index contributed by atoms with van der Waals surface area (Å²) in [7, 11) is 0. The van der Waals surface area contributed by atoms with E-state index >= 15 is 0 Å². The molecule has 1 aliphatic carbocycles. The lowest BCUT2D eigenvalue weighted by Gasteiger charge is -2.10. The second kappa shape index (κ2) is 6.88. The van der Waals surface area contributed by atoms with Crippen molar-refractivity contribution >= 4 is 50.0 Å². The van der Waals surface area contributed by atoms with Crippen LogP contribution in [0.5, 0.6) is 0 Å². The molecule has 5 rings (SSSR count). The Morgan fingerprint density at radius 3 is 2.29 bits per heavy atom. The number of fused-ring (bicyclic) bond motifs is 3. The zero-order valence-corrected chi connectivity index (χ0v) is 16.3. The first-order chi connectivity index (χ1) is 13.7. The van der Waals surface area contributed by atoms with Gasteiger partial charge in [0.25, 0.3) is 5.91 Å². The van der Waals surface area contributed by atoms with Crippen molar-refractivity contribution in [2.24, 2.45) is 10.7 Å². The molecule has 0 spiro atoms. The van der Waals surface area contributed by atoms with Crippen molar-refractivity contribution in [1.29, 1.82) is 0 Å². The van der Waals surface area contributed by atoms with Gasteiger partial charge in [-0.3, -0.25) is 4.79 Å². The Labute approximate surface area is 167 Å². The van der Waals surface area contributed by atoms with Crippen LogP contribution in [0.25, 0.3) is 21.5 Å². The lowest BCUT2D eigenvalue weighted by Crippen LogP contribution is -2.14. The number of nitrogens with two attached hydrogens (primary N) is 1. The summed E-state index contributed by atoms with van der Waals surface area (Å²) >= 11 is 1.62. The van der Waals surface area contributed by atoms with Gasteiger partial charge in [0, 0.05) is 16.7 Å². The highest BCUT2D eigenvalue weighted by Crippen LogP contribution is 2.40. The van der Waals surface area contributed by atoms with Gasteiger partial charge in [-0.15, -0.1) is 11.3 Å². The first-order valence-electron chi connectivity index (χ1n) is 9.61. The molecule has 1 heterocycles. The number of aliphatic imine (C=N–C) groups is 1. The molecule has 3 nitrogen and oxygen atoms in total. The Morgan fingerprint density at radius 2 is 1.61 bits per heavy atom. The van der Waals surface area contributed by atoms with Crippen molar-refractivity contribution in [3.63, 3.8) is 0 Å². The van der Waals surface area contributed by atoms with Gasteiger partial charge in [-0.25, -0.2) is 4.99 Å². The van der Waals surface area contributed by atoms with Crippen molar-refractivity contribution in [2.75, 3.05) is 0 Å². The maximum absolute atomic E-state index is 12.1. The second-order valence-electron chi connectivity index (χ2n) is 7.25. The van der Waals surface area contributed by atoms with Crippen LogP contribution in [0.2, 0.25) is 0 Å². The van der Waals surface area contributed by atoms with E-state index in [1.165, 1.54) is 22.1 Å². The highest BCUT2D eigenvalue weighted by Gasteiger charge is 2.23. The van der Waals surface area contributed by atoms with E-state index in [-0.39, 0.29) is 5.91 Å². The van der Waals surface area contributed by atoms with Crippen molar-refractivity contribution in [3.8, 4) is 0 Å². The van der Waals surface area contributed by atoms with Crippen LogP contribution in [-0.4, -0.2) is 12.1 Å². The summed E-state index contributed by atoms with van der Waals surface area (Å²) in [6.45, 7) is 0. The number of carbonyl (C=O) groups excluding carboxylic acids is 1. The van der Waals surface area contributed by atoms with Crippen LogP contribution in [0.4, 0.5) is 5.00 Å². The summed E-state index contributed by atoms with van der Waals surface area (Å²) in [6, 6.07) is 18.9. The van der Waals surface area contributed by atoms with Crippen LogP contribution in [-0.2, 0) is 12.8 Å². The smallest absolute Gasteiger partial charge is 0.252 e. The molecule has 138 valence electrons. The molecule has 1 amide bonds. The third-order valence-corrected chi connectivity index (χ3v) is 6.72. The van der Waals surface area contributed by atoms with E-state index in [1.807, 2.05) is 18.3 Å². The minimum Gasteiger partial charge on any atom is -0.365 e. The minimum atomic E-state index is -0.366. The normalized spacial score (nSPS) is 14.0. The third kappa shape index (κ3) is 2.81. The fourth-order valence-electron chi connectivity index (χ4n) is 4.21. The summed E-state index contributed by atoms with van der Waals surface area (Å²) < 4.78 is 0. The Bertz CT molecular complexity index is 1200. The number of aryl methyl sites for hydroxylation is 1.